The number of hydrogen-bond acceptors (Lipinski definition) is 9. The molecule has 1 aromatic heterocycles. The van der Waals surface area contributed by atoms with Crippen LogP contribution in [0, 0.1) is 39.7 Å². The number of halogens is 1. The Bertz CT molecular complexity index is 1980. The molecule has 0 radical (unpaired) electrons. The molecule has 3 heterocycles. The van der Waals surface area contributed by atoms with Crippen LogP contribution in [-0.4, -0.2) is 34.1 Å². The van der Waals surface area contributed by atoms with Gasteiger partial charge in [0.25, 0.3) is 5.69 Å². The van der Waals surface area contributed by atoms with Crippen LogP contribution in [0.4, 0.5) is 11.4 Å². The lowest BCUT2D eigenvalue weighted by Crippen LogP contribution is -2.42. The molecule has 4 aliphatic rings. The summed E-state index contributed by atoms with van der Waals surface area (Å²) in [7, 11) is 1.56. The average Bonchev–Trinajstić information content (AvgIpc) is 3.79. The number of thiazole rings is 1. The van der Waals surface area contributed by atoms with Crippen molar-refractivity contribution in [2.24, 2.45) is 29.6 Å². The Morgan fingerprint density at radius 2 is 1.78 bits per heavy atom. The first-order chi connectivity index (χ1) is 22.2. The number of nitrogens with one attached hydrogen (secondary N) is 1. The maximum atomic E-state index is 14.1. The third kappa shape index (κ3) is 4.49. The lowest BCUT2D eigenvalue weighted by Gasteiger charge is -2.43. The summed E-state index contributed by atoms with van der Waals surface area (Å²) in [5.41, 5.74) is 1.84. The first kappa shape index (κ1) is 29.3. The van der Waals surface area contributed by atoms with Crippen molar-refractivity contribution in [1.82, 2.24) is 4.98 Å². The van der Waals surface area contributed by atoms with Gasteiger partial charge in [0, 0.05) is 38.8 Å². The summed E-state index contributed by atoms with van der Waals surface area (Å²) >= 11 is 8.84. The van der Waals surface area contributed by atoms with Gasteiger partial charge in [-0.15, -0.1) is 11.8 Å². The molecule has 1 saturated heterocycles. The minimum atomic E-state index is -0.518. The molecule has 3 aromatic carbocycles. The number of hydrogen-bond donors (Lipinski definition) is 1. The normalized spacial score (nSPS) is 27.3. The Balaban J connectivity index is 1.21. The topological polar surface area (TPSA) is 132 Å². The highest BCUT2D eigenvalue weighted by Gasteiger charge is 2.70. The van der Waals surface area contributed by atoms with Gasteiger partial charge in [-0.05, 0) is 72.2 Å². The summed E-state index contributed by atoms with van der Waals surface area (Å²) in [5.74, 6) is -1.19. The largest absolute Gasteiger partial charge is 0.497 e. The second-order valence-electron chi connectivity index (χ2n) is 12.1. The monoisotopic (exact) mass is 675 g/mol. The van der Waals surface area contributed by atoms with Crippen molar-refractivity contribution in [2.75, 3.05) is 12.0 Å². The van der Waals surface area contributed by atoms with Crippen molar-refractivity contribution in [3.8, 4) is 11.5 Å². The molecule has 7 atom stereocenters. The number of rotatable bonds is 7. The van der Waals surface area contributed by atoms with E-state index in [-0.39, 0.29) is 52.0 Å². The number of H-pyrrole nitrogens is 1. The number of amides is 2. The van der Waals surface area contributed by atoms with Gasteiger partial charge in [0.1, 0.15) is 18.1 Å². The van der Waals surface area contributed by atoms with E-state index in [9.17, 15) is 24.5 Å². The number of aromatic amines is 1. The first-order valence-electron chi connectivity index (χ1n) is 14.8. The number of nitro groups is 1. The summed E-state index contributed by atoms with van der Waals surface area (Å²) in [6, 6.07) is 18.7. The molecule has 13 heteroatoms. The van der Waals surface area contributed by atoms with Crippen LogP contribution >= 0.6 is 34.7 Å². The number of nitro benzene ring substituents is 1. The average molecular weight is 676 g/mol. The molecule has 46 heavy (non-hydrogen) atoms. The molecule has 8 rings (SSSR count). The number of benzene rings is 3. The molecule has 2 saturated carbocycles. The minimum absolute atomic E-state index is 0.0818. The first-order valence-corrected chi connectivity index (χ1v) is 16.9. The number of carbonyl (C=O) groups excluding carboxylic acids is 2. The number of carbonyl (C=O) groups is 2. The molecular weight excluding hydrogens is 650 g/mol. The molecule has 4 aromatic rings. The van der Waals surface area contributed by atoms with Gasteiger partial charge >= 0.3 is 4.87 Å². The molecular formula is C33H26ClN3O7S2. The highest BCUT2D eigenvalue weighted by molar-refractivity contribution is 8.00. The van der Waals surface area contributed by atoms with Crippen LogP contribution in [-0.2, 0) is 16.2 Å². The van der Waals surface area contributed by atoms with E-state index in [1.54, 1.807) is 61.3 Å². The summed E-state index contributed by atoms with van der Waals surface area (Å²) in [6.07, 6.45) is 0.689. The van der Waals surface area contributed by atoms with Crippen molar-refractivity contribution in [1.29, 1.82) is 0 Å². The predicted octanol–water partition coefficient (Wildman–Crippen LogP) is 6.26. The molecule has 2 amide bonds. The van der Waals surface area contributed by atoms with E-state index in [0.717, 1.165) is 21.8 Å². The quantitative estimate of drug-likeness (QED) is 0.138. The van der Waals surface area contributed by atoms with Gasteiger partial charge < -0.3 is 14.5 Å². The highest BCUT2D eigenvalue weighted by atomic mass is 35.5. The van der Waals surface area contributed by atoms with E-state index in [4.69, 9.17) is 21.1 Å². The number of aromatic nitrogens is 1. The second-order valence-corrected chi connectivity index (χ2v) is 14.7. The molecule has 6 unspecified atom stereocenters. The van der Waals surface area contributed by atoms with E-state index in [1.165, 1.54) is 17.0 Å². The number of anilines is 1. The standard InChI is InChI=1S/C33H26ClN3O7S2/c1-43-19-8-5-17(6-9-19)36-31(38)26-21-13-22(27(26)32(36)39)28-25(21)24(29-30(45-28)35-33(40)46-29)20-12-18(37(41)42)7-10-23(20)44-14-15-3-2-4-16(34)11-15/h2-12,21-22,24-28H,13-14H2,1H3,(H,35,40)/t21?,22?,24-,25?,26?,27?,28?/m1/s1. The van der Waals surface area contributed by atoms with E-state index in [1.807, 2.05) is 12.1 Å². The van der Waals surface area contributed by atoms with Gasteiger partial charge in [-0.3, -0.25) is 29.4 Å². The van der Waals surface area contributed by atoms with Gasteiger partial charge in [0.05, 0.1) is 34.6 Å². The molecule has 2 bridgehead atoms. The maximum Gasteiger partial charge on any atom is 0.305 e. The Hall–Kier alpha value is -4.13. The van der Waals surface area contributed by atoms with Crippen LogP contribution in [0.2, 0.25) is 5.02 Å². The van der Waals surface area contributed by atoms with Crippen molar-refractivity contribution in [2.45, 2.75) is 29.2 Å². The zero-order valence-electron chi connectivity index (χ0n) is 24.3. The van der Waals surface area contributed by atoms with Crippen molar-refractivity contribution in [3.63, 3.8) is 0 Å². The molecule has 2 aliphatic heterocycles. The lowest BCUT2D eigenvalue weighted by atomic mass is 9.68. The van der Waals surface area contributed by atoms with Crippen LogP contribution < -0.4 is 19.2 Å². The van der Waals surface area contributed by atoms with Gasteiger partial charge in [0.2, 0.25) is 11.8 Å². The zero-order valence-corrected chi connectivity index (χ0v) is 26.6. The fraction of sp³-hybridized carbons (Fsp3) is 0.303. The van der Waals surface area contributed by atoms with E-state index in [0.29, 0.717) is 39.2 Å². The summed E-state index contributed by atoms with van der Waals surface area (Å²) in [4.78, 5) is 57.2. The summed E-state index contributed by atoms with van der Waals surface area (Å²) in [6.45, 7) is 0.178. The number of ether oxygens (including phenoxy) is 2. The zero-order chi connectivity index (χ0) is 31.9. The third-order valence-electron chi connectivity index (χ3n) is 9.88. The Labute approximate surface area is 275 Å². The number of methoxy groups -OCH3 is 1. The van der Waals surface area contributed by atoms with Gasteiger partial charge in [-0.2, -0.15) is 0 Å². The van der Waals surface area contributed by atoms with Crippen LogP contribution in [0.25, 0.3) is 0 Å². The molecule has 0 spiro atoms. The number of fused-ring (bicyclic) bond motifs is 9. The van der Waals surface area contributed by atoms with Crippen molar-refractivity contribution in [3.05, 3.63) is 108 Å². The van der Waals surface area contributed by atoms with Crippen LogP contribution in [0.15, 0.2) is 76.6 Å². The number of nitrogens with zero attached hydrogens (tertiary/aromatic N) is 2. The third-order valence-corrected chi connectivity index (χ3v) is 12.7. The number of imide groups is 1. The molecule has 10 nitrogen and oxygen atoms in total. The Morgan fingerprint density at radius 3 is 2.50 bits per heavy atom. The molecule has 234 valence electrons. The summed E-state index contributed by atoms with van der Waals surface area (Å²) in [5, 5.41) is 13.2. The van der Waals surface area contributed by atoms with E-state index >= 15 is 0 Å². The SMILES string of the molecule is COc1ccc(N2C(=O)C3C4CC(C3C2=O)C2C4Sc3[nH]c(=O)sc3[C@@H]2c2cc([N+](=O)[O-])ccc2OCc2cccc(Cl)c2)cc1. The minimum Gasteiger partial charge on any atom is -0.497 e. The van der Waals surface area contributed by atoms with Gasteiger partial charge in [-0.25, -0.2) is 0 Å². The Kier molecular flexibility index (Phi) is 7.00. The molecule has 1 N–H and O–H groups in total. The predicted molar refractivity (Wildman–Crippen MR) is 173 cm³/mol. The highest BCUT2D eigenvalue weighted by Crippen LogP contribution is 2.69. The molecule has 2 aliphatic carbocycles. The molecule has 3 fully saturated rings. The smallest absolute Gasteiger partial charge is 0.305 e. The van der Waals surface area contributed by atoms with Crippen molar-refractivity contribution >= 4 is 57.9 Å². The van der Waals surface area contributed by atoms with E-state index < -0.39 is 22.7 Å². The van der Waals surface area contributed by atoms with Crippen LogP contribution in [0.3, 0.4) is 0 Å². The fourth-order valence-corrected chi connectivity index (χ4v) is 11.3. The second kappa shape index (κ2) is 11.0. The Morgan fingerprint density at radius 1 is 1.02 bits per heavy atom. The van der Waals surface area contributed by atoms with E-state index in [2.05, 4.69) is 4.98 Å². The lowest BCUT2D eigenvalue weighted by molar-refractivity contribution is -0.385. The summed E-state index contributed by atoms with van der Waals surface area (Å²) < 4.78 is 11.6. The number of non-ortho nitro benzene ring substituents is 1. The van der Waals surface area contributed by atoms with Crippen LogP contribution in [0.5, 0.6) is 11.5 Å². The van der Waals surface area contributed by atoms with Crippen LogP contribution in [0.1, 0.15) is 28.3 Å². The van der Waals surface area contributed by atoms with Gasteiger partial charge in [0.15, 0.2) is 0 Å². The number of thioether (sulfide) groups is 1. The fourth-order valence-electron chi connectivity index (χ4n) is 8.16. The maximum absolute atomic E-state index is 14.1. The van der Waals surface area contributed by atoms with Crippen molar-refractivity contribution < 1.29 is 24.0 Å². The van der Waals surface area contributed by atoms with Gasteiger partial charge in [-0.1, -0.05) is 35.1 Å².